The highest BCUT2D eigenvalue weighted by atomic mass is 16.5. The highest BCUT2D eigenvalue weighted by Crippen LogP contribution is 2.34. The number of nitrogens with one attached hydrogen (secondary N) is 2. The number of anilines is 3. The minimum Gasteiger partial charge on any atom is -0.475 e. The Morgan fingerprint density at radius 2 is 2.03 bits per heavy atom. The number of aromatic nitrogens is 4. The van der Waals surface area contributed by atoms with Crippen LogP contribution in [0.25, 0.3) is 0 Å². The Kier molecular flexibility index (Phi) is 7.20. The number of ether oxygens (including phenoxy) is 1. The van der Waals surface area contributed by atoms with Crippen LogP contribution in [-0.4, -0.2) is 44.8 Å². The number of carbonyl (C=O) groups excluding carboxylic acids is 1. The lowest BCUT2D eigenvalue weighted by atomic mass is 10.1. The topological polar surface area (TPSA) is 97.2 Å². The standard InChI is InChI=1S/C23H29N7O2.CH4/c1-14(2)32-21-7-6-17(9-25-21)12-30-13-18(11-26-30)10-24-20-8-19-22(15(3)27-20)28-23(31)16(4)29(19)5;/h6-9,11,13-14,16H,10,12H2,1-5H3,(H,24,27)(H,28,31);1H4/t16-;/m0./s1. The van der Waals surface area contributed by atoms with Crippen LogP contribution in [-0.2, 0) is 17.9 Å². The maximum atomic E-state index is 12.1. The molecule has 0 fully saturated rings. The van der Waals surface area contributed by atoms with Crippen molar-refractivity contribution in [3.05, 3.63) is 53.6 Å². The summed E-state index contributed by atoms with van der Waals surface area (Å²) in [5, 5.41) is 10.8. The SMILES string of the molecule is C.Cc1nc(NCc2cnn(Cc3ccc(OC(C)C)nc3)c2)cc2c1NC(=O)[C@H](C)N2C. The normalized spacial score (nSPS) is 15.0. The molecule has 3 aromatic heterocycles. The Labute approximate surface area is 195 Å². The van der Waals surface area contributed by atoms with Crippen LogP contribution >= 0.6 is 0 Å². The third-order valence-electron chi connectivity index (χ3n) is 5.43. The molecular weight excluding hydrogens is 418 g/mol. The van der Waals surface area contributed by atoms with Crippen molar-refractivity contribution in [2.75, 3.05) is 22.6 Å². The van der Waals surface area contributed by atoms with Gasteiger partial charge in [-0.3, -0.25) is 9.48 Å². The van der Waals surface area contributed by atoms with Crippen LogP contribution in [0.15, 0.2) is 36.8 Å². The number of carbonyl (C=O) groups is 1. The lowest BCUT2D eigenvalue weighted by Gasteiger charge is -2.34. The second-order valence-corrected chi connectivity index (χ2v) is 8.33. The van der Waals surface area contributed by atoms with E-state index >= 15 is 0 Å². The Morgan fingerprint density at radius 1 is 1.24 bits per heavy atom. The number of pyridine rings is 2. The zero-order chi connectivity index (χ0) is 22.8. The van der Waals surface area contributed by atoms with Crippen LogP contribution in [0.5, 0.6) is 5.88 Å². The molecule has 1 amide bonds. The first-order valence-corrected chi connectivity index (χ1v) is 10.7. The fourth-order valence-corrected chi connectivity index (χ4v) is 3.57. The third kappa shape index (κ3) is 5.42. The van der Waals surface area contributed by atoms with Gasteiger partial charge in [-0.2, -0.15) is 5.10 Å². The molecule has 0 saturated carbocycles. The molecule has 1 aliphatic rings. The van der Waals surface area contributed by atoms with E-state index in [1.54, 1.807) is 0 Å². The van der Waals surface area contributed by atoms with Crippen molar-refractivity contribution >= 4 is 23.1 Å². The molecule has 9 heteroatoms. The highest BCUT2D eigenvalue weighted by molar-refractivity contribution is 6.04. The molecule has 176 valence electrons. The van der Waals surface area contributed by atoms with Gasteiger partial charge in [-0.05, 0) is 33.3 Å². The van der Waals surface area contributed by atoms with E-state index in [1.165, 1.54) is 0 Å². The molecular formula is C24H33N7O2. The number of aryl methyl sites for hydroxylation is 1. The molecule has 0 spiro atoms. The van der Waals surface area contributed by atoms with Crippen LogP contribution in [0.2, 0.25) is 0 Å². The van der Waals surface area contributed by atoms with Gasteiger partial charge in [-0.1, -0.05) is 13.5 Å². The smallest absolute Gasteiger partial charge is 0.246 e. The van der Waals surface area contributed by atoms with E-state index in [1.807, 2.05) is 81.1 Å². The molecule has 4 rings (SSSR count). The average molecular weight is 452 g/mol. The summed E-state index contributed by atoms with van der Waals surface area (Å²) in [6, 6.07) is 5.62. The van der Waals surface area contributed by atoms with E-state index in [-0.39, 0.29) is 25.5 Å². The fourth-order valence-electron chi connectivity index (χ4n) is 3.57. The Morgan fingerprint density at radius 3 is 2.73 bits per heavy atom. The van der Waals surface area contributed by atoms with Gasteiger partial charge >= 0.3 is 0 Å². The molecule has 4 heterocycles. The summed E-state index contributed by atoms with van der Waals surface area (Å²) in [5.74, 6) is 1.37. The predicted octanol–water partition coefficient (Wildman–Crippen LogP) is 3.84. The zero-order valence-electron chi connectivity index (χ0n) is 19.1. The van der Waals surface area contributed by atoms with Gasteiger partial charge in [-0.25, -0.2) is 9.97 Å². The summed E-state index contributed by atoms with van der Waals surface area (Å²) < 4.78 is 7.47. The molecule has 3 aromatic rings. The minimum atomic E-state index is -0.226. The van der Waals surface area contributed by atoms with E-state index in [0.717, 1.165) is 34.0 Å². The van der Waals surface area contributed by atoms with Gasteiger partial charge in [0.2, 0.25) is 11.8 Å². The molecule has 0 unspecified atom stereocenters. The zero-order valence-corrected chi connectivity index (χ0v) is 19.1. The maximum absolute atomic E-state index is 12.1. The van der Waals surface area contributed by atoms with Gasteiger partial charge in [0.05, 0.1) is 35.9 Å². The highest BCUT2D eigenvalue weighted by Gasteiger charge is 2.28. The summed E-state index contributed by atoms with van der Waals surface area (Å²) in [7, 11) is 1.92. The van der Waals surface area contributed by atoms with Crippen LogP contribution in [0, 0.1) is 6.92 Å². The van der Waals surface area contributed by atoms with Gasteiger partial charge < -0.3 is 20.3 Å². The Hall–Kier alpha value is -3.62. The largest absolute Gasteiger partial charge is 0.475 e. The quantitative estimate of drug-likeness (QED) is 0.563. The van der Waals surface area contributed by atoms with Crippen molar-refractivity contribution in [1.82, 2.24) is 19.7 Å². The van der Waals surface area contributed by atoms with Crippen molar-refractivity contribution in [1.29, 1.82) is 0 Å². The fraction of sp³-hybridized carbons (Fsp3) is 0.417. The molecule has 0 aliphatic carbocycles. The molecule has 1 atom stereocenters. The second-order valence-electron chi connectivity index (χ2n) is 8.33. The molecule has 9 nitrogen and oxygen atoms in total. The molecule has 0 saturated heterocycles. The molecule has 0 aromatic carbocycles. The van der Waals surface area contributed by atoms with E-state index in [0.29, 0.717) is 19.0 Å². The summed E-state index contributed by atoms with van der Waals surface area (Å²) in [4.78, 5) is 23.0. The summed E-state index contributed by atoms with van der Waals surface area (Å²) in [6.07, 6.45) is 5.76. The van der Waals surface area contributed by atoms with Crippen LogP contribution in [0.4, 0.5) is 17.2 Å². The molecule has 33 heavy (non-hydrogen) atoms. The maximum Gasteiger partial charge on any atom is 0.246 e. The molecule has 2 N–H and O–H groups in total. The van der Waals surface area contributed by atoms with E-state index in [9.17, 15) is 4.79 Å². The second kappa shape index (κ2) is 9.89. The first-order chi connectivity index (χ1) is 15.3. The number of hydrogen-bond donors (Lipinski definition) is 2. The number of likely N-dealkylation sites (N-methyl/N-ethyl adjacent to an activating group) is 1. The molecule has 0 radical (unpaired) electrons. The van der Waals surface area contributed by atoms with E-state index in [4.69, 9.17) is 4.74 Å². The van der Waals surface area contributed by atoms with Gasteiger partial charge in [-0.15, -0.1) is 0 Å². The molecule has 0 bridgehead atoms. The minimum absolute atomic E-state index is 0. The lowest BCUT2D eigenvalue weighted by molar-refractivity contribution is -0.117. The van der Waals surface area contributed by atoms with Gasteiger partial charge in [0, 0.05) is 43.7 Å². The monoisotopic (exact) mass is 451 g/mol. The predicted molar refractivity (Wildman–Crippen MR) is 131 cm³/mol. The van der Waals surface area contributed by atoms with Gasteiger partial charge in [0.1, 0.15) is 11.9 Å². The summed E-state index contributed by atoms with van der Waals surface area (Å²) >= 11 is 0. The van der Waals surface area contributed by atoms with Crippen molar-refractivity contribution in [3.63, 3.8) is 0 Å². The first kappa shape index (κ1) is 24.0. The number of rotatable bonds is 7. The molecule has 1 aliphatic heterocycles. The Balaban J connectivity index is 0.00000306. The number of nitrogens with zero attached hydrogens (tertiary/aromatic N) is 5. The Bertz CT molecular complexity index is 1110. The first-order valence-electron chi connectivity index (χ1n) is 10.7. The van der Waals surface area contributed by atoms with Crippen molar-refractivity contribution in [2.24, 2.45) is 0 Å². The van der Waals surface area contributed by atoms with Gasteiger partial charge in [0.25, 0.3) is 0 Å². The van der Waals surface area contributed by atoms with Crippen LogP contribution in [0.1, 0.15) is 45.0 Å². The van der Waals surface area contributed by atoms with Crippen LogP contribution in [0.3, 0.4) is 0 Å². The van der Waals surface area contributed by atoms with E-state index in [2.05, 4.69) is 25.7 Å². The average Bonchev–Trinajstić information content (AvgIpc) is 3.20. The number of amides is 1. The van der Waals surface area contributed by atoms with Crippen molar-refractivity contribution in [3.8, 4) is 5.88 Å². The van der Waals surface area contributed by atoms with Crippen molar-refractivity contribution < 1.29 is 9.53 Å². The lowest BCUT2D eigenvalue weighted by Crippen LogP contribution is -2.44. The summed E-state index contributed by atoms with van der Waals surface area (Å²) in [6.45, 7) is 8.97. The summed E-state index contributed by atoms with van der Waals surface area (Å²) in [5.41, 5.74) is 4.61. The van der Waals surface area contributed by atoms with Crippen molar-refractivity contribution in [2.45, 2.75) is 60.4 Å². The van der Waals surface area contributed by atoms with Crippen LogP contribution < -0.4 is 20.3 Å². The van der Waals surface area contributed by atoms with E-state index < -0.39 is 0 Å². The van der Waals surface area contributed by atoms with Gasteiger partial charge in [0.15, 0.2) is 0 Å². The third-order valence-corrected chi connectivity index (χ3v) is 5.43. The number of hydrogen-bond acceptors (Lipinski definition) is 7. The number of fused-ring (bicyclic) bond motifs is 1.